The number of aromatic hydroxyl groups is 1. The van der Waals surface area contributed by atoms with Crippen molar-refractivity contribution in [2.75, 3.05) is 32.7 Å². The zero-order valence-electron chi connectivity index (χ0n) is 16.3. The van der Waals surface area contributed by atoms with Gasteiger partial charge >= 0.3 is 0 Å². The second kappa shape index (κ2) is 8.96. The van der Waals surface area contributed by atoms with E-state index < -0.39 is 0 Å². The lowest BCUT2D eigenvalue weighted by Gasteiger charge is -2.32. The molecule has 0 bridgehead atoms. The molecule has 3 rings (SSSR count). The molecule has 1 saturated heterocycles. The summed E-state index contributed by atoms with van der Waals surface area (Å²) in [5.41, 5.74) is 2.91. The zero-order valence-corrected chi connectivity index (χ0v) is 17.1. The molecule has 0 spiro atoms. The van der Waals surface area contributed by atoms with Crippen LogP contribution in [0.5, 0.6) is 11.5 Å². The third-order valence-electron chi connectivity index (χ3n) is 5.07. The Kier molecular flexibility index (Phi) is 6.64. The van der Waals surface area contributed by atoms with Gasteiger partial charge in [-0.3, -0.25) is 4.90 Å². The molecule has 1 aliphatic heterocycles. The minimum atomic E-state index is -0.122. The van der Waals surface area contributed by atoms with E-state index in [4.69, 9.17) is 16.3 Å². The number of piperazine rings is 1. The maximum Gasteiger partial charge on any atom is 0.136 e. The van der Waals surface area contributed by atoms with Crippen molar-refractivity contribution in [3.8, 4) is 11.5 Å². The first-order chi connectivity index (χ1) is 12.9. The van der Waals surface area contributed by atoms with Gasteiger partial charge in [0.1, 0.15) is 17.6 Å². The molecule has 0 saturated carbocycles. The molecule has 5 heteroatoms. The van der Waals surface area contributed by atoms with Crippen molar-refractivity contribution in [3.63, 3.8) is 0 Å². The number of halogens is 1. The number of rotatable bonds is 6. The molecule has 4 nitrogen and oxygen atoms in total. The normalized spacial score (nSPS) is 16.5. The molecule has 27 heavy (non-hydrogen) atoms. The van der Waals surface area contributed by atoms with Crippen LogP contribution in [0.15, 0.2) is 36.4 Å². The van der Waals surface area contributed by atoms with Gasteiger partial charge in [-0.1, -0.05) is 37.6 Å². The van der Waals surface area contributed by atoms with Crippen molar-refractivity contribution in [1.82, 2.24) is 10.2 Å². The van der Waals surface area contributed by atoms with E-state index in [1.54, 1.807) is 0 Å². The standard InChI is InChI=1S/C22H29ClN2O2/c1-15(2)19-13-20(26)16(3)11-21(19)27-22(14-25-9-7-24-8-10-25)17-5-4-6-18(23)12-17/h4-6,11-13,15,22,24,26H,7-10,14H2,1-3H3. The van der Waals surface area contributed by atoms with Crippen LogP contribution in [0.1, 0.15) is 42.6 Å². The maximum atomic E-state index is 10.1. The Morgan fingerprint density at radius 2 is 1.93 bits per heavy atom. The second-order valence-electron chi connectivity index (χ2n) is 7.54. The fourth-order valence-electron chi connectivity index (χ4n) is 3.44. The van der Waals surface area contributed by atoms with Crippen LogP contribution in [-0.2, 0) is 0 Å². The first-order valence-corrected chi connectivity index (χ1v) is 10.0. The highest BCUT2D eigenvalue weighted by Gasteiger charge is 2.22. The van der Waals surface area contributed by atoms with Crippen molar-refractivity contribution in [2.45, 2.75) is 32.8 Å². The Morgan fingerprint density at radius 1 is 1.19 bits per heavy atom. The number of benzene rings is 2. The highest BCUT2D eigenvalue weighted by molar-refractivity contribution is 6.30. The summed E-state index contributed by atoms with van der Waals surface area (Å²) in [6.45, 7) is 10.9. The Bertz CT molecular complexity index is 773. The molecule has 1 unspecified atom stereocenters. The average Bonchev–Trinajstić information content (AvgIpc) is 2.64. The van der Waals surface area contributed by atoms with Crippen LogP contribution in [0.4, 0.5) is 0 Å². The number of aryl methyl sites for hydroxylation is 1. The molecule has 2 aromatic carbocycles. The summed E-state index contributed by atoms with van der Waals surface area (Å²) in [6, 6.07) is 11.7. The van der Waals surface area contributed by atoms with E-state index in [0.717, 1.165) is 55.2 Å². The van der Waals surface area contributed by atoms with Gasteiger partial charge < -0.3 is 15.2 Å². The number of phenolic OH excluding ortho intramolecular Hbond substituents is 1. The molecule has 1 aliphatic rings. The highest BCUT2D eigenvalue weighted by Crippen LogP contribution is 2.36. The molecule has 2 aromatic rings. The Hall–Kier alpha value is -1.75. The molecule has 2 N–H and O–H groups in total. The fourth-order valence-corrected chi connectivity index (χ4v) is 3.64. The third kappa shape index (κ3) is 5.16. The van der Waals surface area contributed by atoms with Gasteiger partial charge in [-0.2, -0.15) is 0 Å². The monoisotopic (exact) mass is 388 g/mol. The van der Waals surface area contributed by atoms with Crippen LogP contribution in [0, 0.1) is 6.92 Å². The number of ether oxygens (including phenoxy) is 1. The molecule has 0 amide bonds. The van der Waals surface area contributed by atoms with E-state index >= 15 is 0 Å². The maximum absolute atomic E-state index is 10.1. The highest BCUT2D eigenvalue weighted by atomic mass is 35.5. The van der Waals surface area contributed by atoms with Gasteiger partial charge in [-0.15, -0.1) is 0 Å². The first kappa shape index (κ1) is 20.0. The number of hydrogen-bond donors (Lipinski definition) is 2. The summed E-state index contributed by atoms with van der Waals surface area (Å²) in [4.78, 5) is 2.42. The van der Waals surface area contributed by atoms with Crippen LogP contribution in [-0.4, -0.2) is 42.7 Å². The van der Waals surface area contributed by atoms with Crippen molar-refractivity contribution >= 4 is 11.6 Å². The van der Waals surface area contributed by atoms with E-state index in [2.05, 4.69) is 30.1 Å². The van der Waals surface area contributed by atoms with Gasteiger partial charge in [0.05, 0.1) is 0 Å². The summed E-state index contributed by atoms with van der Waals surface area (Å²) >= 11 is 6.25. The van der Waals surface area contributed by atoms with Gasteiger partial charge in [-0.05, 0) is 48.2 Å². The van der Waals surface area contributed by atoms with E-state index in [1.807, 2.05) is 37.3 Å². The Labute approximate surface area is 167 Å². The number of nitrogens with zero attached hydrogens (tertiary/aromatic N) is 1. The summed E-state index contributed by atoms with van der Waals surface area (Å²) in [5, 5.41) is 14.2. The molecular weight excluding hydrogens is 360 g/mol. The smallest absolute Gasteiger partial charge is 0.136 e. The SMILES string of the molecule is Cc1cc(OC(CN2CCNCC2)c2cccc(Cl)c2)c(C(C)C)cc1O. The number of phenols is 1. The lowest BCUT2D eigenvalue weighted by atomic mass is 9.99. The average molecular weight is 389 g/mol. The lowest BCUT2D eigenvalue weighted by molar-refractivity contribution is 0.122. The van der Waals surface area contributed by atoms with Crippen molar-refractivity contribution in [3.05, 3.63) is 58.1 Å². The molecule has 0 aromatic heterocycles. The van der Waals surface area contributed by atoms with E-state index in [0.29, 0.717) is 10.8 Å². The van der Waals surface area contributed by atoms with Crippen LogP contribution < -0.4 is 10.1 Å². The van der Waals surface area contributed by atoms with Gasteiger partial charge in [-0.25, -0.2) is 0 Å². The van der Waals surface area contributed by atoms with Crippen molar-refractivity contribution in [1.29, 1.82) is 0 Å². The Morgan fingerprint density at radius 3 is 2.59 bits per heavy atom. The minimum Gasteiger partial charge on any atom is -0.508 e. The van der Waals surface area contributed by atoms with Gasteiger partial charge in [0.2, 0.25) is 0 Å². The summed E-state index contributed by atoms with van der Waals surface area (Å²) in [6.07, 6.45) is -0.122. The number of hydrogen-bond acceptors (Lipinski definition) is 4. The first-order valence-electron chi connectivity index (χ1n) is 9.62. The van der Waals surface area contributed by atoms with E-state index in [9.17, 15) is 5.11 Å². The van der Waals surface area contributed by atoms with Gasteiger partial charge in [0, 0.05) is 43.3 Å². The van der Waals surface area contributed by atoms with Crippen molar-refractivity contribution in [2.24, 2.45) is 0 Å². The van der Waals surface area contributed by atoms with E-state index in [-0.39, 0.29) is 12.0 Å². The van der Waals surface area contributed by atoms with Crippen LogP contribution in [0.3, 0.4) is 0 Å². The van der Waals surface area contributed by atoms with Gasteiger partial charge in [0.15, 0.2) is 0 Å². The largest absolute Gasteiger partial charge is 0.508 e. The third-order valence-corrected chi connectivity index (χ3v) is 5.31. The number of nitrogens with one attached hydrogen (secondary N) is 1. The predicted octanol–water partition coefficient (Wildman–Crippen LogP) is 4.50. The molecule has 146 valence electrons. The molecule has 1 atom stereocenters. The fraction of sp³-hybridized carbons (Fsp3) is 0.455. The molecular formula is C22H29ClN2O2. The second-order valence-corrected chi connectivity index (χ2v) is 7.98. The zero-order chi connectivity index (χ0) is 19.4. The quantitative estimate of drug-likeness (QED) is 0.764. The topological polar surface area (TPSA) is 44.7 Å². The van der Waals surface area contributed by atoms with Crippen LogP contribution in [0.25, 0.3) is 0 Å². The molecule has 1 heterocycles. The predicted molar refractivity (Wildman–Crippen MR) is 111 cm³/mol. The van der Waals surface area contributed by atoms with E-state index in [1.165, 1.54) is 0 Å². The molecule has 1 fully saturated rings. The molecule has 0 aliphatic carbocycles. The summed E-state index contributed by atoms with van der Waals surface area (Å²) < 4.78 is 6.55. The van der Waals surface area contributed by atoms with Crippen LogP contribution in [0.2, 0.25) is 5.02 Å². The Balaban J connectivity index is 1.92. The van der Waals surface area contributed by atoms with Crippen LogP contribution >= 0.6 is 11.6 Å². The van der Waals surface area contributed by atoms with Gasteiger partial charge in [0.25, 0.3) is 0 Å². The summed E-state index contributed by atoms with van der Waals surface area (Å²) in [7, 11) is 0. The van der Waals surface area contributed by atoms with Crippen molar-refractivity contribution < 1.29 is 9.84 Å². The minimum absolute atomic E-state index is 0.122. The lowest BCUT2D eigenvalue weighted by Crippen LogP contribution is -2.45. The summed E-state index contributed by atoms with van der Waals surface area (Å²) in [5.74, 6) is 1.40. The molecule has 0 radical (unpaired) electrons.